The quantitative estimate of drug-likeness (QED) is 0.638. The Labute approximate surface area is 179 Å². The lowest BCUT2D eigenvalue weighted by Crippen LogP contribution is -2.32. The average molecular weight is 461 g/mol. The number of benzene rings is 2. The first-order valence-electron chi connectivity index (χ1n) is 9.16. The van der Waals surface area contributed by atoms with Crippen molar-refractivity contribution in [3.8, 4) is 0 Å². The van der Waals surface area contributed by atoms with E-state index in [2.05, 4.69) is 47.3 Å². The first-order valence-corrected chi connectivity index (χ1v) is 9.96. The SMILES string of the molecule is Cc1cc(Br)ccc1NC(=O)COC(=O)CNC(=O)c1ccc(C(C)(C)C)cc1. The molecule has 0 saturated heterocycles. The van der Waals surface area contributed by atoms with Gasteiger partial charge in [-0.2, -0.15) is 0 Å². The first kappa shape index (κ1) is 22.6. The molecule has 29 heavy (non-hydrogen) atoms. The summed E-state index contributed by atoms with van der Waals surface area (Å²) in [7, 11) is 0. The molecule has 2 aromatic rings. The maximum atomic E-state index is 12.2. The largest absolute Gasteiger partial charge is 0.454 e. The van der Waals surface area contributed by atoms with Gasteiger partial charge >= 0.3 is 5.97 Å². The van der Waals surface area contributed by atoms with Crippen molar-refractivity contribution in [3.63, 3.8) is 0 Å². The standard InChI is InChI=1S/C22H25BrN2O4/c1-14-11-17(23)9-10-18(14)25-19(26)13-29-20(27)12-24-21(28)15-5-7-16(8-6-15)22(2,3)4/h5-11H,12-13H2,1-4H3,(H,24,28)(H,25,26). The van der Waals surface area contributed by atoms with E-state index >= 15 is 0 Å². The van der Waals surface area contributed by atoms with Crippen molar-refractivity contribution in [1.29, 1.82) is 0 Å². The van der Waals surface area contributed by atoms with Gasteiger partial charge in [-0.25, -0.2) is 0 Å². The van der Waals surface area contributed by atoms with Gasteiger partial charge in [0.15, 0.2) is 6.61 Å². The predicted octanol–water partition coefficient (Wildman–Crippen LogP) is 3.97. The zero-order chi connectivity index (χ0) is 21.6. The van der Waals surface area contributed by atoms with Crippen LogP contribution in [0.5, 0.6) is 0 Å². The normalized spacial score (nSPS) is 10.9. The van der Waals surface area contributed by atoms with Crippen LogP contribution in [0, 0.1) is 6.92 Å². The first-order chi connectivity index (χ1) is 13.6. The van der Waals surface area contributed by atoms with Gasteiger partial charge in [0.1, 0.15) is 6.54 Å². The molecule has 0 aliphatic carbocycles. The van der Waals surface area contributed by atoms with Crippen molar-refractivity contribution >= 4 is 39.4 Å². The summed E-state index contributed by atoms with van der Waals surface area (Å²) >= 11 is 3.35. The van der Waals surface area contributed by atoms with Crippen LogP contribution in [0.2, 0.25) is 0 Å². The fourth-order valence-corrected chi connectivity index (χ4v) is 3.00. The summed E-state index contributed by atoms with van der Waals surface area (Å²) in [5, 5.41) is 5.17. The molecule has 2 amide bonds. The summed E-state index contributed by atoms with van der Waals surface area (Å²) in [5.74, 6) is -1.52. The van der Waals surface area contributed by atoms with Gasteiger partial charge in [-0.15, -0.1) is 0 Å². The summed E-state index contributed by atoms with van der Waals surface area (Å²) in [4.78, 5) is 35.9. The van der Waals surface area contributed by atoms with Gasteiger partial charge in [0.05, 0.1) is 0 Å². The maximum Gasteiger partial charge on any atom is 0.325 e. The summed E-state index contributed by atoms with van der Waals surface area (Å²) in [6.07, 6.45) is 0. The molecule has 2 aromatic carbocycles. The number of hydrogen-bond acceptors (Lipinski definition) is 4. The molecule has 7 heteroatoms. The van der Waals surface area contributed by atoms with Crippen molar-refractivity contribution in [2.75, 3.05) is 18.5 Å². The van der Waals surface area contributed by atoms with Gasteiger partial charge in [0.2, 0.25) is 0 Å². The van der Waals surface area contributed by atoms with Crippen LogP contribution >= 0.6 is 15.9 Å². The number of anilines is 1. The van der Waals surface area contributed by atoms with Gasteiger partial charge < -0.3 is 15.4 Å². The molecule has 0 unspecified atom stereocenters. The number of amides is 2. The molecule has 0 radical (unpaired) electrons. The van der Waals surface area contributed by atoms with Crippen LogP contribution in [0.1, 0.15) is 42.3 Å². The highest BCUT2D eigenvalue weighted by Crippen LogP contribution is 2.22. The molecule has 0 atom stereocenters. The number of carbonyl (C=O) groups is 3. The van der Waals surface area contributed by atoms with Crippen molar-refractivity contribution in [2.45, 2.75) is 33.1 Å². The second-order valence-electron chi connectivity index (χ2n) is 7.68. The van der Waals surface area contributed by atoms with Crippen LogP contribution in [-0.4, -0.2) is 30.9 Å². The van der Waals surface area contributed by atoms with Crippen molar-refractivity contribution < 1.29 is 19.1 Å². The summed E-state index contributed by atoms with van der Waals surface area (Å²) in [6.45, 7) is 7.38. The minimum atomic E-state index is -0.688. The van der Waals surface area contributed by atoms with E-state index in [9.17, 15) is 14.4 Å². The lowest BCUT2D eigenvalue weighted by atomic mass is 9.87. The van der Waals surface area contributed by atoms with Crippen LogP contribution < -0.4 is 10.6 Å². The van der Waals surface area contributed by atoms with Gasteiger partial charge in [0, 0.05) is 15.7 Å². The highest BCUT2D eigenvalue weighted by atomic mass is 79.9. The lowest BCUT2D eigenvalue weighted by molar-refractivity contribution is -0.146. The van der Waals surface area contributed by atoms with E-state index in [1.807, 2.05) is 25.1 Å². The van der Waals surface area contributed by atoms with Crippen LogP contribution in [0.3, 0.4) is 0 Å². The van der Waals surface area contributed by atoms with Crippen LogP contribution in [0.4, 0.5) is 5.69 Å². The minimum Gasteiger partial charge on any atom is -0.454 e. The number of hydrogen-bond donors (Lipinski definition) is 2. The van der Waals surface area contributed by atoms with Crippen molar-refractivity contribution in [3.05, 3.63) is 63.6 Å². The summed E-state index contributed by atoms with van der Waals surface area (Å²) in [5.41, 5.74) is 3.08. The topological polar surface area (TPSA) is 84.5 Å². The molecular formula is C22H25BrN2O4. The zero-order valence-corrected chi connectivity index (χ0v) is 18.6. The smallest absolute Gasteiger partial charge is 0.325 e. The number of carbonyl (C=O) groups excluding carboxylic acids is 3. The van der Waals surface area contributed by atoms with Gasteiger partial charge in [-0.05, 0) is 53.8 Å². The predicted molar refractivity (Wildman–Crippen MR) is 116 cm³/mol. The number of ether oxygens (including phenoxy) is 1. The molecule has 0 aromatic heterocycles. The van der Waals surface area contributed by atoms with Crippen LogP contribution in [0.15, 0.2) is 46.9 Å². The highest BCUT2D eigenvalue weighted by Gasteiger charge is 2.15. The lowest BCUT2D eigenvalue weighted by Gasteiger charge is -2.19. The monoisotopic (exact) mass is 460 g/mol. The van der Waals surface area contributed by atoms with E-state index < -0.39 is 18.5 Å². The third-order valence-electron chi connectivity index (χ3n) is 4.23. The average Bonchev–Trinajstić information content (AvgIpc) is 2.66. The van der Waals surface area contributed by atoms with Crippen LogP contribution in [-0.2, 0) is 19.7 Å². The molecule has 0 fully saturated rings. The van der Waals surface area contributed by atoms with E-state index in [0.717, 1.165) is 15.6 Å². The maximum absolute atomic E-state index is 12.2. The molecule has 0 aliphatic rings. The number of halogens is 1. The molecule has 154 valence electrons. The molecule has 2 N–H and O–H groups in total. The Morgan fingerprint density at radius 1 is 1.03 bits per heavy atom. The van der Waals surface area contributed by atoms with E-state index in [1.54, 1.807) is 24.3 Å². The fourth-order valence-electron chi connectivity index (χ4n) is 2.53. The zero-order valence-electron chi connectivity index (χ0n) is 17.0. The van der Waals surface area contributed by atoms with E-state index in [1.165, 1.54) is 0 Å². The Balaban J connectivity index is 1.77. The van der Waals surface area contributed by atoms with E-state index in [4.69, 9.17) is 4.74 Å². The minimum absolute atomic E-state index is 0.00578. The molecule has 6 nitrogen and oxygen atoms in total. The summed E-state index contributed by atoms with van der Waals surface area (Å²) in [6, 6.07) is 12.6. The Morgan fingerprint density at radius 3 is 2.28 bits per heavy atom. The molecule has 0 heterocycles. The number of rotatable bonds is 6. The molecule has 0 aliphatic heterocycles. The molecule has 0 saturated carbocycles. The Bertz CT molecular complexity index is 902. The van der Waals surface area contributed by atoms with Gasteiger partial charge in [-0.3, -0.25) is 14.4 Å². The molecule has 0 spiro atoms. The molecule has 2 rings (SSSR count). The number of nitrogens with one attached hydrogen (secondary N) is 2. The number of aryl methyl sites for hydroxylation is 1. The molecule has 0 bridgehead atoms. The Kier molecular flexibility index (Phi) is 7.56. The van der Waals surface area contributed by atoms with E-state index in [-0.39, 0.29) is 17.9 Å². The van der Waals surface area contributed by atoms with Gasteiger partial charge in [-0.1, -0.05) is 48.8 Å². The second-order valence-corrected chi connectivity index (χ2v) is 8.59. The van der Waals surface area contributed by atoms with Crippen molar-refractivity contribution in [1.82, 2.24) is 5.32 Å². The van der Waals surface area contributed by atoms with Crippen LogP contribution in [0.25, 0.3) is 0 Å². The highest BCUT2D eigenvalue weighted by molar-refractivity contribution is 9.10. The Morgan fingerprint density at radius 2 is 1.69 bits per heavy atom. The molecular weight excluding hydrogens is 436 g/mol. The fraction of sp³-hybridized carbons (Fsp3) is 0.318. The third kappa shape index (κ3) is 7.02. The van der Waals surface area contributed by atoms with E-state index in [0.29, 0.717) is 11.3 Å². The second kappa shape index (κ2) is 9.69. The van der Waals surface area contributed by atoms with Crippen molar-refractivity contribution in [2.24, 2.45) is 0 Å². The Hall–Kier alpha value is -2.67. The number of esters is 1. The summed E-state index contributed by atoms with van der Waals surface area (Å²) < 4.78 is 5.82. The third-order valence-corrected chi connectivity index (χ3v) is 4.73. The van der Waals surface area contributed by atoms with Gasteiger partial charge in [0.25, 0.3) is 11.8 Å².